The summed E-state index contributed by atoms with van der Waals surface area (Å²) >= 11 is 0. The second-order valence-electron chi connectivity index (χ2n) is 23.0. The lowest BCUT2D eigenvalue weighted by atomic mass is 9.43. The Kier molecular flexibility index (Phi) is 22.9. The van der Waals surface area contributed by atoms with Crippen LogP contribution in [0, 0.1) is 46.3 Å². The normalized spacial score (nSPS) is 27.3. The van der Waals surface area contributed by atoms with Gasteiger partial charge in [0.15, 0.2) is 0 Å². The molecule has 18 heteroatoms. The van der Waals surface area contributed by atoms with Crippen molar-refractivity contribution < 1.29 is 62.7 Å². The molecule has 0 saturated heterocycles. The Balaban J connectivity index is 0.0000101. The predicted octanol–water partition coefficient (Wildman–Crippen LogP) is 6.95. The molecule has 0 radical (unpaired) electrons. The number of hydrogen-bond acceptors (Lipinski definition) is 14. The van der Waals surface area contributed by atoms with Crippen LogP contribution >= 0.6 is 12.4 Å². The number of aliphatic hydroxyl groups is 2. The number of aliphatic hydroxyl groups excluding tert-OH is 2. The van der Waals surface area contributed by atoms with Crippen LogP contribution in [0.5, 0.6) is 0 Å². The number of fused-ring (bicyclic) bond motifs is 5. The van der Waals surface area contributed by atoms with Crippen LogP contribution in [0.4, 0.5) is 0 Å². The monoisotopic (exact) mass is 1110 g/mol. The van der Waals surface area contributed by atoms with Crippen LogP contribution < -0.4 is 21.7 Å². The van der Waals surface area contributed by atoms with E-state index in [0.717, 1.165) is 36.0 Å². The number of carbonyl (C=O) groups is 7. The largest absolute Gasteiger partial charge is 0.469 e. The highest BCUT2D eigenvalue weighted by molar-refractivity contribution is 5.93. The van der Waals surface area contributed by atoms with E-state index in [1.54, 1.807) is 12.1 Å². The molecule has 0 spiro atoms. The van der Waals surface area contributed by atoms with Gasteiger partial charge < -0.3 is 50.8 Å². The Bertz CT molecular complexity index is 2510. The number of halogens is 1. The van der Waals surface area contributed by atoms with Gasteiger partial charge in [0.05, 0.1) is 25.4 Å². The molecule has 7 rings (SSSR count). The van der Waals surface area contributed by atoms with Crippen molar-refractivity contribution in [1.29, 1.82) is 0 Å². The highest BCUT2D eigenvalue weighted by Gasteiger charge is 2.66. The quantitative estimate of drug-likeness (QED) is 0.0371. The summed E-state index contributed by atoms with van der Waals surface area (Å²) < 4.78 is 21.3. The first kappa shape index (κ1) is 62.3. The van der Waals surface area contributed by atoms with Crippen molar-refractivity contribution in [3.63, 3.8) is 0 Å². The third-order valence-corrected chi connectivity index (χ3v) is 18.2. The molecule has 0 unspecified atom stereocenters. The Morgan fingerprint density at radius 2 is 1.09 bits per heavy atom. The zero-order valence-electron chi connectivity index (χ0n) is 46.2. The Hall–Kier alpha value is -5.88. The lowest BCUT2D eigenvalue weighted by molar-refractivity contribution is -0.202. The van der Waals surface area contributed by atoms with Gasteiger partial charge in [-0.2, -0.15) is 0 Å². The first-order chi connectivity index (χ1) is 37.4. The summed E-state index contributed by atoms with van der Waals surface area (Å²) in [6.45, 7) is 6.67. The van der Waals surface area contributed by atoms with E-state index in [0.29, 0.717) is 38.5 Å². The first-order valence-electron chi connectivity index (χ1n) is 28.1. The highest BCUT2D eigenvalue weighted by atomic mass is 35.5. The smallest absolute Gasteiger partial charge is 0.306 e. The van der Waals surface area contributed by atoms with Crippen LogP contribution in [-0.4, -0.2) is 95.3 Å². The number of amides is 3. The minimum atomic E-state index is -1.39. The zero-order chi connectivity index (χ0) is 56.0. The molecule has 0 aliphatic heterocycles. The van der Waals surface area contributed by atoms with E-state index in [2.05, 4.69) is 36.7 Å². The van der Waals surface area contributed by atoms with Gasteiger partial charge in [-0.15, -0.1) is 12.4 Å². The van der Waals surface area contributed by atoms with Crippen LogP contribution in [0.2, 0.25) is 0 Å². The molecule has 4 aliphatic carbocycles. The third kappa shape index (κ3) is 16.2. The molecule has 0 aromatic heterocycles. The Labute approximate surface area is 471 Å². The van der Waals surface area contributed by atoms with Crippen molar-refractivity contribution in [2.75, 3.05) is 7.11 Å². The van der Waals surface area contributed by atoms with Crippen molar-refractivity contribution in [1.82, 2.24) is 16.0 Å². The van der Waals surface area contributed by atoms with Crippen LogP contribution in [0.3, 0.4) is 0 Å². The van der Waals surface area contributed by atoms with E-state index in [1.807, 2.05) is 78.9 Å². The van der Waals surface area contributed by atoms with Gasteiger partial charge >= 0.3 is 23.9 Å². The Morgan fingerprint density at radius 3 is 1.61 bits per heavy atom. The van der Waals surface area contributed by atoms with Gasteiger partial charge in [0.1, 0.15) is 31.9 Å². The van der Waals surface area contributed by atoms with Crippen molar-refractivity contribution in [2.24, 2.45) is 52.1 Å². The standard InChI is InChI=1S/C61H82N4O13.ClH/c1-38(20-26-52(68)75-4)44-21-22-45-56-46(34-51(67)61(44,45)3)60(2)31-30-43(32-42(60)33-50(56)66)63-58(73)48(24-28-54(70)77-36-40-16-10-6-11-17-40)65-59(74)49(25-29-55(71)78-37-41-18-12-7-13-19-41)64-57(72)47(62)23-27-53(69)76-35-39-14-8-5-9-15-39;/h5-19,38,42-51,56,66-67H,20-37,62H2,1-4H3,(H,63,73)(H,64,72)(H,65,74);1H/t38-,42+,43+,44-,45+,46+,47+,48+,49+,50-,51+,56+,60+,61-;/m1./s1. The molecule has 4 aliphatic rings. The van der Waals surface area contributed by atoms with E-state index < -0.39 is 71.4 Å². The second-order valence-corrected chi connectivity index (χ2v) is 23.0. The number of benzene rings is 3. The maximum Gasteiger partial charge on any atom is 0.306 e. The highest BCUT2D eigenvalue weighted by Crippen LogP contribution is 2.68. The van der Waals surface area contributed by atoms with Crippen LogP contribution in [0.15, 0.2) is 91.0 Å². The molecule has 3 aromatic rings. The fourth-order valence-corrected chi connectivity index (χ4v) is 13.7. The lowest BCUT2D eigenvalue weighted by Gasteiger charge is -2.63. The number of carbonyl (C=O) groups excluding carboxylic acids is 7. The summed E-state index contributed by atoms with van der Waals surface area (Å²) in [5.41, 5.74) is 7.95. The van der Waals surface area contributed by atoms with Gasteiger partial charge in [0.2, 0.25) is 17.7 Å². The summed E-state index contributed by atoms with van der Waals surface area (Å²) in [6.07, 6.45) is 3.37. The molecular formula is C61H83ClN4O13. The molecule has 0 heterocycles. The first-order valence-corrected chi connectivity index (χ1v) is 28.1. The SMILES string of the molecule is COC(=O)CC[C@@H](C)[C@H]1CC[C@H]2[C@@H]3[C@H](O)C[C@@H]4C[C@@H](NC(=O)[C@H](CCC(=O)OCc5ccccc5)NC(=O)[C@H](CCC(=O)OCc5ccccc5)NC(=O)[C@@H](N)CCC(=O)OCc5ccccc5)CC[C@]4(C)[C@H]3C[C@H](O)[C@]12C.Cl. The van der Waals surface area contributed by atoms with Gasteiger partial charge in [-0.1, -0.05) is 112 Å². The molecule has 4 fully saturated rings. The van der Waals surface area contributed by atoms with E-state index in [1.165, 1.54) is 7.11 Å². The molecule has 3 aromatic carbocycles. The average molecular weight is 1120 g/mol. The fraction of sp³-hybridized carbons (Fsp3) is 0.590. The summed E-state index contributed by atoms with van der Waals surface area (Å²) in [7, 11) is 1.40. The van der Waals surface area contributed by atoms with Crippen molar-refractivity contribution in [3.05, 3.63) is 108 Å². The maximum atomic E-state index is 14.6. The maximum absolute atomic E-state index is 14.6. The summed E-state index contributed by atoms with van der Waals surface area (Å²) in [4.78, 5) is 93.7. The molecule has 4 saturated carbocycles. The molecule has 7 N–H and O–H groups in total. The molecule has 79 heavy (non-hydrogen) atoms. The third-order valence-electron chi connectivity index (χ3n) is 18.2. The fourth-order valence-electron chi connectivity index (χ4n) is 13.7. The van der Waals surface area contributed by atoms with Crippen molar-refractivity contribution in [3.8, 4) is 0 Å². The topological polar surface area (TPSA) is 259 Å². The number of ether oxygens (including phenoxy) is 4. The van der Waals surface area contributed by atoms with Gasteiger partial charge in [-0.25, -0.2) is 0 Å². The second kappa shape index (κ2) is 29.0. The summed E-state index contributed by atoms with van der Waals surface area (Å²) in [5.74, 6) is -3.61. The number of rotatable bonds is 25. The van der Waals surface area contributed by atoms with Crippen LogP contribution in [0.1, 0.15) is 134 Å². The minimum absolute atomic E-state index is 0. The molecule has 17 nitrogen and oxygen atoms in total. The van der Waals surface area contributed by atoms with E-state index in [9.17, 15) is 43.8 Å². The number of esters is 4. The van der Waals surface area contributed by atoms with Crippen molar-refractivity contribution >= 4 is 54.0 Å². The Morgan fingerprint density at radius 1 is 0.608 bits per heavy atom. The summed E-state index contributed by atoms with van der Waals surface area (Å²) in [6, 6.07) is 23.0. The van der Waals surface area contributed by atoms with Gasteiger partial charge in [-0.05, 0) is 134 Å². The number of hydrogen-bond donors (Lipinski definition) is 6. The van der Waals surface area contributed by atoms with E-state index >= 15 is 0 Å². The molecular weight excluding hydrogens is 1030 g/mol. The minimum Gasteiger partial charge on any atom is -0.469 e. The van der Waals surface area contributed by atoms with Gasteiger partial charge in [0, 0.05) is 31.7 Å². The van der Waals surface area contributed by atoms with Gasteiger partial charge in [0.25, 0.3) is 0 Å². The zero-order valence-corrected chi connectivity index (χ0v) is 47.0. The predicted molar refractivity (Wildman–Crippen MR) is 296 cm³/mol. The molecule has 14 atom stereocenters. The molecule has 3 amide bonds. The van der Waals surface area contributed by atoms with E-state index in [-0.39, 0.29) is 124 Å². The summed E-state index contributed by atoms with van der Waals surface area (Å²) in [5, 5.41) is 32.9. The lowest BCUT2D eigenvalue weighted by Crippen LogP contribution is -2.63. The van der Waals surface area contributed by atoms with Gasteiger partial charge in [-0.3, -0.25) is 33.6 Å². The number of methoxy groups -OCH3 is 1. The number of nitrogens with two attached hydrogens (primary N) is 1. The van der Waals surface area contributed by atoms with Crippen molar-refractivity contribution in [2.45, 2.75) is 173 Å². The van der Waals surface area contributed by atoms with Crippen LogP contribution in [-0.2, 0) is 72.3 Å². The van der Waals surface area contributed by atoms with Crippen LogP contribution in [0.25, 0.3) is 0 Å². The molecule has 0 bridgehead atoms. The molecule has 432 valence electrons. The number of nitrogens with one attached hydrogen (secondary N) is 3. The average Bonchev–Trinajstić information content (AvgIpc) is 4.11. The van der Waals surface area contributed by atoms with E-state index in [4.69, 9.17) is 24.7 Å².